The van der Waals surface area contributed by atoms with Gasteiger partial charge in [-0.2, -0.15) is 0 Å². The molecular weight excluding hydrogens is 454 g/mol. The predicted octanol–water partition coefficient (Wildman–Crippen LogP) is 5.89. The van der Waals surface area contributed by atoms with Gasteiger partial charge in [-0.05, 0) is 67.2 Å². The standard InChI is InChI=1S/C24H23ClF2N2O2S/c1-4-11-28-32(3,31)18-8-5-15(2)20(14-18)24(30)19-9-7-17(13-21(19)25)29-23-10-6-16(26)12-22(23)27/h5-10,12-14,29H,3-4,11H2,1-2H3,(H,28,31). The largest absolute Gasteiger partial charge is 0.353 e. The first kappa shape index (κ1) is 23.9. The third-order valence-electron chi connectivity index (χ3n) is 4.84. The Morgan fingerprint density at radius 2 is 1.81 bits per heavy atom. The zero-order valence-electron chi connectivity index (χ0n) is 17.7. The van der Waals surface area contributed by atoms with E-state index in [1.54, 1.807) is 31.2 Å². The molecule has 0 saturated carbocycles. The number of benzene rings is 3. The summed E-state index contributed by atoms with van der Waals surface area (Å²) >= 11 is 6.36. The van der Waals surface area contributed by atoms with Crippen LogP contribution in [0.3, 0.4) is 0 Å². The Balaban J connectivity index is 1.90. The molecule has 4 nitrogen and oxygen atoms in total. The van der Waals surface area contributed by atoms with Crippen molar-refractivity contribution in [3.63, 3.8) is 0 Å². The van der Waals surface area contributed by atoms with Crippen LogP contribution in [0.5, 0.6) is 0 Å². The molecule has 0 fully saturated rings. The fourth-order valence-electron chi connectivity index (χ4n) is 3.07. The van der Waals surface area contributed by atoms with E-state index in [1.165, 1.54) is 18.2 Å². The van der Waals surface area contributed by atoms with Gasteiger partial charge in [0.15, 0.2) is 5.78 Å². The number of hydrogen-bond acceptors (Lipinski definition) is 3. The molecule has 3 aromatic carbocycles. The molecule has 32 heavy (non-hydrogen) atoms. The number of anilines is 2. The van der Waals surface area contributed by atoms with Gasteiger partial charge in [-0.25, -0.2) is 17.7 Å². The van der Waals surface area contributed by atoms with E-state index in [-0.39, 0.29) is 22.1 Å². The molecule has 0 spiro atoms. The number of carbonyl (C=O) groups is 1. The van der Waals surface area contributed by atoms with Gasteiger partial charge in [0, 0.05) is 34.3 Å². The lowest BCUT2D eigenvalue weighted by atomic mass is 9.99. The Labute approximate surface area is 191 Å². The van der Waals surface area contributed by atoms with Gasteiger partial charge in [-0.3, -0.25) is 4.79 Å². The normalized spacial score (nSPS) is 12.9. The number of rotatable bonds is 8. The van der Waals surface area contributed by atoms with Crippen molar-refractivity contribution in [3.05, 3.63) is 87.9 Å². The average molecular weight is 477 g/mol. The van der Waals surface area contributed by atoms with E-state index < -0.39 is 21.3 Å². The van der Waals surface area contributed by atoms with Crippen LogP contribution in [0.4, 0.5) is 20.2 Å². The van der Waals surface area contributed by atoms with Crippen LogP contribution < -0.4 is 10.0 Å². The topological polar surface area (TPSA) is 58.2 Å². The molecule has 0 saturated heterocycles. The van der Waals surface area contributed by atoms with Crippen LogP contribution in [0.1, 0.15) is 34.8 Å². The van der Waals surface area contributed by atoms with Gasteiger partial charge in [0.05, 0.1) is 20.4 Å². The monoisotopic (exact) mass is 476 g/mol. The molecular formula is C24H23ClF2N2O2S. The Morgan fingerprint density at radius 3 is 2.47 bits per heavy atom. The first-order valence-corrected chi connectivity index (χ1v) is 12.0. The fraction of sp³-hybridized carbons (Fsp3) is 0.167. The second-order valence-electron chi connectivity index (χ2n) is 7.32. The highest BCUT2D eigenvalue weighted by molar-refractivity contribution is 7.98. The van der Waals surface area contributed by atoms with E-state index in [2.05, 4.69) is 15.9 Å². The maximum atomic E-state index is 13.9. The molecule has 0 aliphatic heterocycles. The lowest BCUT2D eigenvalue weighted by Gasteiger charge is -2.14. The molecule has 8 heteroatoms. The van der Waals surface area contributed by atoms with Crippen LogP contribution in [0.15, 0.2) is 59.5 Å². The third-order valence-corrected chi connectivity index (χ3v) is 6.84. The lowest BCUT2D eigenvalue weighted by molar-refractivity contribution is 0.103. The van der Waals surface area contributed by atoms with E-state index in [1.807, 2.05) is 6.92 Å². The van der Waals surface area contributed by atoms with E-state index in [9.17, 15) is 17.8 Å². The Kier molecular flexibility index (Phi) is 7.33. The van der Waals surface area contributed by atoms with Gasteiger partial charge in [0.1, 0.15) is 11.6 Å². The van der Waals surface area contributed by atoms with Crippen molar-refractivity contribution >= 4 is 44.3 Å². The number of halogens is 3. The summed E-state index contributed by atoms with van der Waals surface area (Å²) in [6.45, 7) is 4.27. The highest BCUT2D eigenvalue weighted by Crippen LogP contribution is 2.28. The fourth-order valence-corrected chi connectivity index (χ4v) is 4.63. The molecule has 2 N–H and O–H groups in total. The van der Waals surface area contributed by atoms with Crippen molar-refractivity contribution in [2.45, 2.75) is 25.2 Å². The Bertz CT molecular complexity index is 1280. The second kappa shape index (κ2) is 9.81. The molecule has 0 radical (unpaired) electrons. The summed E-state index contributed by atoms with van der Waals surface area (Å²) in [5.74, 6) is 2.02. The molecule has 168 valence electrons. The summed E-state index contributed by atoms with van der Waals surface area (Å²) in [5.41, 5.74) is 1.83. The number of carbonyl (C=O) groups excluding carboxylic acids is 1. The molecule has 0 bridgehead atoms. The molecule has 0 aliphatic carbocycles. The summed E-state index contributed by atoms with van der Waals surface area (Å²) < 4.78 is 42.8. The van der Waals surface area contributed by atoms with E-state index in [0.29, 0.717) is 28.3 Å². The van der Waals surface area contributed by atoms with E-state index in [0.717, 1.165) is 18.6 Å². The summed E-state index contributed by atoms with van der Waals surface area (Å²) in [6.07, 6.45) is 0.794. The molecule has 3 rings (SSSR count). The van der Waals surface area contributed by atoms with Crippen molar-refractivity contribution in [2.24, 2.45) is 0 Å². The van der Waals surface area contributed by atoms with Crippen molar-refractivity contribution in [1.82, 2.24) is 4.72 Å². The van der Waals surface area contributed by atoms with Crippen LogP contribution in [0.2, 0.25) is 5.02 Å². The van der Waals surface area contributed by atoms with Gasteiger partial charge in [-0.1, -0.05) is 24.6 Å². The van der Waals surface area contributed by atoms with Crippen LogP contribution in [-0.2, 0) is 9.71 Å². The van der Waals surface area contributed by atoms with Gasteiger partial charge in [-0.15, -0.1) is 0 Å². The van der Waals surface area contributed by atoms with Gasteiger partial charge >= 0.3 is 0 Å². The average Bonchev–Trinajstić information content (AvgIpc) is 2.74. The van der Waals surface area contributed by atoms with Gasteiger partial charge < -0.3 is 5.32 Å². The van der Waals surface area contributed by atoms with Crippen molar-refractivity contribution in [2.75, 3.05) is 11.9 Å². The third kappa shape index (κ3) is 5.35. The van der Waals surface area contributed by atoms with Crippen molar-refractivity contribution in [3.8, 4) is 0 Å². The number of nitrogens with one attached hydrogen (secondary N) is 2. The molecule has 0 aliphatic rings. The quantitative estimate of drug-likeness (QED) is 0.315. The van der Waals surface area contributed by atoms with E-state index >= 15 is 0 Å². The zero-order valence-corrected chi connectivity index (χ0v) is 19.2. The highest BCUT2D eigenvalue weighted by Gasteiger charge is 2.18. The summed E-state index contributed by atoms with van der Waals surface area (Å²) in [4.78, 5) is 13.6. The van der Waals surface area contributed by atoms with Crippen LogP contribution >= 0.6 is 11.6 Å². The minimum atomic E-state index is -2.74. The lowest BCUT2D eigenvalue weighted by Crippen LogP contribution is -2.24. The number of aryl methyl sites for hydroxylation is 1. The maximum absolute atomic E-state index is 13.9. The maximum Gasteiger partial charge on any atom is 0.194 e. The predicted molar refractivity (Wildman–Crippen MR) is 128 cm³/mol. The number of hydrogen-bond donors (Lipinski definition) is 2. The van der Waals surface area contributed by atoms with Gasteiger partial charge in [0.25, 0.3) is 0 Å². The zero-order chi connectivity index (χ0) is 23.5. The summed E-state index contributed by atoms with van der Waals surface area (Å²) in [6, 6.07) is 12.8. The molecule has 1 atom stereocenters. The Morgan fingerprint density at radius 1 is 1.06 bits per heavy atom. The Hall–Kier alpha value is -2.74. The second-order valence-corrected chi connectivity index (χ2v) is 9.84. The summed E-state index contributed by atoms with van der Waals surface area (Å²) in [5, 5.41) is 2.97. The van der Waals surface area contributed by atoms with Crippen LogP contribution in [0.25, 0.3) is 0 Å². The number of ketones is 1. The minimum Gasteiger partial charge on any atom is -0.353 e. The minimum absolute atomic E-state index is 0.0786. The van der Waals surface area contributed by atoms with E-state index in [4.69, 9.17) is 11.6 Å². The van der Waals surface area contributed by atoms with Gasteiger partial charge in [0.2, 0.25) is 0 Å². The molecule has 3 aromatic rings. The van der Waals surface area contributed by atoms with Crippen LogP contribution in [0, 0.1) is 18.6 Å². The van der Waals surface area contributed by atoms with Crippen LogP contribution in [-0.4, -0.2) is 22.4 Å². The summed E-state index contributed by atoms with van der Waals surface area (Å²) in [7, 11) is -2.74. The molecule has 0 amide bonds. The first-order valence-electron chi connectivity index (χ1n) is 9.91. The molecule has 0 aromatic heterocycles. The SMILES string of the molecule is C=S(=O)(NCCC)c1ccc(C)c(C(=O)c2ccc(Nc3ccc(F)cc3F)cc2Cl)c1. The highest BCUT2D eigenvalue weighted by atomic mass is 35.5. The first-order chi connectivity index (χ1) is 15.1. The molecule has 1 unspecified atom stereocenters. The van der Waals surface area contributed by atoms with Crippen molar-refractivity contribution in [1.29, 1.82) is 0 Å². The molecule has 0 heterocycles. The van der Waals surface area contributed by atoms with Crippen molar-refractivity contribution < 1.29 is 17.8 Å². The smallest absolute Gasteiger partial charge is 0.194 e.